The third kappa shape index (κ3) is 67.4. The summed E-state index contributed by atoms with van der Waals surface area (Å²) in [5.74, 6) is 5.70. The molecule has 0 radical (unpaired) electrons. The highest BCUT2D eigenvalue weighted by Crippen LogP contribution is 2.16. The van der Waals surface area contributed by atoms with Crippen LogP contribution < -0.4 is 0 Å². The maximum Gasteiger partial charge on any atom is 0.223 e. The molecular formula is C81H175N17O4S4. The molecule has 11 aromatic rings. The number of aromatic nitrogens is 17. The van der Waals surface area contributed by atoms with Gasteiger partial charge in [-0.15, -0.1) is 34.0 Å². The van der Waals surface area contributed by atoms with E-state index < -0.39 is 0 Å². The van der Waals surface area contributed by atoms with Crippen molar-refractivity contribution in [2.75, 3.05) is 0 Å². The second-order valence-electron chi connectivity index (χ2n) is 19.4. The van der Waals surface area contributed by atoms with Gasteiger partial charge in [0.25, 0.3) is 0 Å². The van der Waals surface area contributed by atoms with Gasteiger partial charge in [0.15, 0.2) is 11.7 Å². The molecule has 11 heterocycles. The predicted octanol–water partition coefficient (Wildman–Crippen LogP) is 28.2. The molecule has 11 aromatic heterocycles. The molecule has 632 valence electrons. The fourth-order valence-electron chi connectivity index (χ4n) is 6.08. The van der Waals surface area contributed by atoms with Crippen LogP contribution in [0.1, 0.15) is 305 Å². The van der Waals surface area contributed by atoms with E-state index in [1.165, 1.54) is 69.4 Å². The average molecular weight is 1580 g/mol. The molecule has 0 amide bonds. The molecule has 11 rings (SSSR count). The quantitative estimate of drug-likeness (QED) is 0.137. The minimum atomic E-state index is 0. The smallest absolute Gasteiger partial charge is 0.223 e. The number of hydrogen-bond acceptors (Lipinski definition) is 22. The van der Waals surface area contributed by atoms with Crippen LogP contribution >= 0.6 is 45.5 Å². The molecule has 0 spiro atoms. The van der Waals surface area contributed by atoms with E-state index in [9.17, 15) is 0 Å². The second kappa shape index (κ2) is 81.8. The van der Waals surface area contributed by atoms with Gasteiger partial charge in [-0.2, -0.15) is 34.5 Å². The lowest BCUT2D eigenvalue weighted by Gasteiger charge is -1.80. The first-order chi connectivity index (χ1) is 41.1. The van der Waals surface area contributed by atoms with Crippen molar-refractivity contribution in [1.82, 2.24) is 84.3 Å². The summed E-state index contributed by atoms with van der Waals surface area (Å²) in [7, 11) is 5.64. The Labute approximate surface area is 674 Å². The van der Waals surface area contributed by atoms with Crippen molar-refractivity contribution < 1.29 is 18.0 Å². The maximum absolute atomic E-state index is 5.10. The monoisotopic (exact) mass is 1580 g/mol. The molecule has 0 N–H and O–H groups in total. The van der Waals surface area contributed by atoms with Gasteiger partial charge in [-0.05, 0) is 189 Å². The van der Waals surface area contributed by atoms with Crippen molar-refractivity contribution in [3.05, 3.63) is 168 Å². The van der Waals surface area contributed by atoms with Crippen LogP contribution in [-0.4, -0.2) is 84.3 Å². The molecule has 21 nitrogen and oxygen atoms in total. The largest absolute Gasteiger partial charge is 0.446 e. The third-order valence-corrected chi connectivity index (χ3v) is 15.0. The molecule has 0 aliphatic carbocycles. The molecule has 106 heavy (non-hydrogen) atoms. The molecular weight excluding hydrogens is 1400 g/mol. The summed E-state index contributed by atoms with van der Waals surface area (Å²) < 4.78 is 26.9. The first-order valence-electron chi connectivity index (χ1n) is 28.8. The highest BCUT2D eigenvalue weighted by molar-refractivity contribution is 7.12. The van der Waals surface area contributed by atoms with Gasteiger partial charge in [0.05, 0.1) is 73.0 Å². The van der Waals surface area contributed by atoms with Crippen molar-refractivity contribution in [3.63, 3.8) is 0 Å². The van der Waals surface area contributed by atoms with E-state index in [1.807, 2.05) is 219 Å². The molecule has 0 unspecified atom stereocenters. The van der Waals surface area contributed by atoms with Gasteiger partial charge in [-0.25, -0.2) is 24.9 Å². The molecule has 0 aliphatic rings. The van der Waals surface area contributed by atoms with Gasteiger partial charge >= 0.3 is 0 Å². The number of thiazole rings is 3. The second-order valence-corrected chi connectivity index (χ2v) is 24.5. The van der Waals surface area contributed by atoms with E-state index in [-0.39, 0.29) is 134 Å². The Balaban J connectivity index is -0.0000000417. The minimum absolute atomic E-state index is 0. The fourth-order valence-corrected chi connectivity index (χ4v) is 9.01. The van der Waals surface area contributed by atoms with Crippen molar-refractivity contribution in [2.24, 2.45) is 21.1 Å². The van der Waals surface area contributed by atoms with Gasteiger partial charge in [0.1, 0.15) is 28.1 Å². The van der Waals surface area contributed by atoms with Crippen LogP contribution in [0.5, 0.6) is 0 Å². The normalized spacial score (nSPS) is 7.82. The molecule has 0 bridgehead atoms. The van der Waals surface area contributed by atoms with E-state index in [0.717, 1.165) is 73.6 Å². The number of rotatable bonds is 0. The van der Waals surface area contributed by atoms with Crippen molar-refractivity contribution in [2.45, 2.75) is 341 Å². The third-order valence-electron chi connectivity index (χ3n) is 11.4. The van der Waals surface area contributed by atoms with Crippen LogP contribution in [0.2, 0.25) is 0 Å². The van der Waals surface area contributed by atoms with Crippen LogP contribution in [0.3, 0.4) is 0 Å². The zero-order valence-electron chi connectivity index (χ0n) is 59.2. The zero-order valence-corrected chi connectivity index (χ0v) is 62.4. The van der Waals surface area contributed by atoms with Gasteiger partial charge < -0.3 is 18.0 Å². The SMILES string of the molecule is C.C.C.C.C.C.C.C.C.C.C.C.C.C.C.C.C.C.CC.CC.Cc1cnn(C)c1.Cc1cnn(C)c1.Cc1nc(C)c(C)o1.Cc1nc(C)c(C)s1.Cc1nc(C)c(C)s1.Cc1nc(C)c(C)s1.Cc1nn(C)nc1C.Cc1noc(C)c1C.Cc1noc(C)c1C.Cc1noc(C)n1.Cc1nsc(C)n1. The van der Waals surface area contributed by atoms with Crippen LogP contribution in [0, 0.1) is 180 Å². The lowest BCUT2D eigenvalue weighted by molar-refractivity contribution is 0.389. The van der Waals surface area contributed by atoms with Crippen LogP contribution in [0.4, 0.5) is 0 Å². The first kappa shape index (κ1) is 152. The van der Waals surface area contributed by atoms with E-state index in [1.54, 1.807) is 62.0 Å². The zero-order chi connectivity index (χ0) is 68.1. The van der Waals surface area contributed by atoms with E-state index in [4.69, 9.17) is 13.5 Å². The summed E-state index contributed by atoms with van der Waals surface area (Å²) in [5.41, 5.74) is 13.2. The summed E-state index contributed by atoms with van der Waals surface area (Å²) in [6, 6.07) is 0. The number of oxazole rings is 1. The molecule has 0 atom stereocenters. The Morgan fingerprint density at radius 1 is 0.302 bits per heavy atom. The lowest BCUT2D eigenvalue weighted by Crippen LogP contribution is -1.91. The van der Waals surface area contributed by atoms with E-state index >= 15 is 0 Å². The maximum atomic E-state index is 5.10. The minimum Gasteiger partial charge on any atom is -0.446 e. The molecule has 0 aromatic carbocycles. The summed E-state index contributed by atoms with van der Waals surface area (Å²) in [4.78, 5) is 30.2. The van der Waals surface area contributed by atoms with Crippen LogP contribution in [0.15, 0.2) is 42.8 Å². The molecule has 0 fully saturated rings. The molecule has 0 saturated heterocycles. The van der Waals surface area contributed by atoms with Crippen LogP contribution in [0.25, 0.3) is 0 Å². The lowest BCUT2D eigenvalue weighted by atomic mass is 10.2. The first-order valence-corrected chi connectivity index (χ1v) is 32.0. The van der Waals surface area contributed by atoms with E-state index in [0.29, 0.717) is 11.7 Å². The molecule has 25 heteroatoms. The highest BCUT2D eigenvalue weighted by atomic mass is 32.1. The molecule has 0 saturated carbocycles. The molecule has 0 aliphatic heterocycles. The van der Waals surface area contributed by atoms with Gasteiger partial charge in [-0.1, -0.05) is 177 Å². The summed E-state index contributed by atoms with van der Waals surface area (Å²) in [6.45, 7) is 59.2. The average Bonchev–Trinajstić information content (AvgIpc) is 1.79. The van der Waals surface area contributed by atoms with Gasteiger partial charge in [0, 0.05) is 73.1 Å². The van der Waals surface area contributed by atoms with Crippen LogP contribution in [-0.2, 0) is 21.1 Å². The standard InChI is InChI=1S/3C6H9NO.3C6H9NS.C5H9N3.2C5H8N2.C4H6N2O.C4H6N2S.2C2H6.18CH4/c1-4-5(2)8-6(3)7-4;2*1-4-5(2)7-8-6(4)3;3*1-4-5(2)8-6(3)7-4;1-4-5(2)7-8(3)6-4;2*1-5-3-6-7(2)4-5;2*1-3-5-4(2)7-6-3;2*1-2;;;;;;;;;;;;;;;;;;/h7*1-3H3;2*3-4H,1-2H3;2*1-2H3;2*1-2H3;18*1H4. The highest BCUT2D eigenvalue weighted by Gasteiger charge is 2.03. The summed E-state index contributed by atoms with van der Waals surface area (Å²) in [6.07, 6.45) is 7.61. The van der Waals surface area contributed by atoms with Gasteiger partial charge in [0.2, 0.25) is 5.89 Å². The Hall–Kier alpha value is -7.22. The Morgan fingerprint density at radius 3 is 0.679 bits per heavy atom. The Morgan fingerprint density at radius 2 is 0.613 bits per heavy atom. The van der Waals surface area contributed by atoms with Crippen molar-refractivity contribution in [1.29, 1.82) is 0 Å². The number of aryl methyl sites for hydroxylation is 27. The summed E-state index contributed by atoms with van der Waals surface area (Å²) >= 11 is 6.72. The van der Waals surface area contributed by atoms with Crippen molar-refractivity contribution in [3.8, 4) is 0 Å². The predicted molar refractivity (Wildman–Crippen MR) is 484 cm³/mol. The van der Waals surface area contributed by atoms with E-state index in [2.05, 4.69) is 95.4 Å². The number of nitrogens with zero attached hydrogens (tertiary/aromatic N) is 17. The fraction of sp³-hybridized carbons (Fsp3) is 0.630. The Bertz CT molecular complexity index is 2930. The number of hydrogen-bond donors (Lipinski definition) is 0. The topological polar surface area (TPSA) is 248 Å². The Kier molecular flexibility index (Phi) is 118. The van der Waals surface area contributed by atoms with Gasteiger partial charge in [-0.3, -0.25) is 9.36 Å². The van der Waals surface area contributed by atoms with Crippen molar-refractivity contribution >= 4 is 45.5 Å². The summed E-state index contributed by atoms with van der Waals surface area (Å²) in [5, 5.41) is 31.4.